The third-order valence-corrected chi connectivity index (χ3v) is 2.07. The molecule has 1 aliphatic rings. The summed E-state index contributed by atoms with van der Waals surface area (Å²) in [6, 6.07) is 3.70. The van der Waals surface area contributed by atoms with Crippen LogP contribution in [0, 0.1) is 0 Å². The van der Waals surface area contributed by atoms with Gasteiger partial charge in [0.2, 0.25) is 0 Å². The topological polar surface area (TPSA) is 53.4 Å². The van der Waals surface area contributed by atoms with Crippen LogP contribution in [0.2, 0.25) is 0 Å². The normalized spacial score (nSPS) is 18.2. The molecule has 0 spiro atoms. The number of nitrogens with zero attached hydrogens (tertiary/aromatic N) is 1. The van der Waals surface area contributed by atoms with Gasteiger partial charge in [-0.2, -0.15) is 0 Å². The fourth-order valence-corrected chi connectivity index (χ4v) is 1.36. The highest BCUT2D eigenvalue weighted by Gasteiger charge is 2.08. The van der Waals surface area contributed by atoms with E-state index in [0.29, 0.717) is 17.3 Å². The Morgan fingerprint density at radius 3 is 3.08 bits per heavy atom. The lowest BCUT2D eigenvalue weighted by Crippen LogP contribution is -2.32. The molecule has 0 fully saturated rings. The first kappa shape index (κ1) is 7.86. The van der Waals surface area contributed by atoms with Gasteiger partial charge in [-0.3, -0.25) is 4.98 Å². The van der Waals surface area contributed by atoms with E-state index in [2.05, 4.69) is 4.98 Å². The summed E-state index contributed by atoms with van der Waals surface area (Å²) >= 11 is 0. The fourth-order valence-electron chi connectivity index (χ4n) is 1.36. The van der Waals surface area contributed by atoms with Gasteiger partial charge in [-0.05, 0) is 12.5 Å². The van der Waals surface area contributed by atoms with Crippen LogP contribution in [0.3, 0.4) is 0 Å². The van der Waals surface area contributed by atoms with Crippen molar-refractivity contribution in [3.05, 3.63) is 40.7 Å². The molecule has 0 atom stereocenters. The van der Waals surface area contributed by atoms with E-state index in [0.717, 1.165) is 11.5 Å². The van der Waals surface area contributed by atoms with Crippen molar-refractivity contribution in [3.63, 3.8) is 0 Å². The summed E-state index contributed by atoms with van der Waals surface area (Å²) in [6.07, 6.45) is 5.00. The maximum Gasteiger partial charge on any atom is 0.148 e. The largest absolute Gasteiger partial charge is 0.515 e. The van der Waals surface area contributed by atoms with Crippen LogP contribution >= 0.6 is 0 Å². The molecule has 0 aromatic carbocycles. The maximum absolute atomic E-state index is 9.63. The summed E-state index contributed by atoms with van der Waals surface area (Å²) in [4.78, 5) is 4.03. The first-order chi connectivity index (χ1) is 6.33. The first-order valence-corrected chi connectivity index (χ1v) is 4.01. The second-order valence-electron chi connectivity index (χ2n) is 2.85. The van der Waals surface area contributed by atoms with Crippen molar-refractivity contribution < 1.29 is 10.2 Å². The monoisotopic (exact) mass is 175 g/mol. The molecule has 0 bridgehead atoms. The molecule has 1 aromatic heterocycles. The van der Waals surface area contributed by atoms with Crippen LogP contribution < -0.4 is 10.6 Å². The molecule has 0 saturated carbocycles. The molecular formula is C10H9NO2. The molecule has 0 saturated heterocycles. The number of aromatic nitrogens is 1. The number of aliphatic hydroxyl groups is 2. The molecule has 1 aromatic rings. The second kappa shape index (κ2) is 2.94. The molecule has 0 radical (unpaired) electrons. The van der Waals surface area contributed by atoms with Crippen molar-refractivity contribution in [2.45, 2.75) is 6.42 Å². The highest BCUT2D eigenvalue weighted by molar-refractivity contribution is 5.61. The Balaban J connectivity index is 2.84. The average Bonchev–Trinajstić information content (AvgIpc) is 2.19. The average molecular weight is 175 g/mol. The summed E-state index contributed by atoms with van der Waals surface area (Å²) in [7, 11) is 0. The minimum absolute atomic E-state index is 0.0700. The zero-order chi connectivity index (χ0) is 9.26. The van der Waals surface area contributed by atoms with Gasteiger partial charge in [0.25, 0.3) is 0 Å². The number of hydrogen-bond acceptors (Lipinski definition) is 3. The fraction of sp³-hybridized carbons (Fsp3) is 0.100. The van der Waals surface area contributed by atoms with Crippen molar-refractivity contribution >= 4 is 11.8 Å². The van der Waals surface area contributed by atoms with Crippen LogP contribution in [0.4, 0.5) is 0 Å². The van der Waals surface area contributed by atoms with Gasteiger partial charge in [-0.25, -0.2) is 0 Å². The molecule has 1 heterocycles. The van der Waals surface area contributed by atoms with Crippen molar-refractivity contribution in [3.8, 4) is 0 Å². The van der Waals surface area contributed by atoms with Crippen LogP contribution in [-0.4, -0.2) is 15.2 Å². The number of aliphatic hydroxyl groups excluding tert-OH is 2. The molecule has 0 amide bonds. The van der Waals surface area contributed by atoms with Crippen LogP contribution in [-0.2, 0) is 0 Å². The van der Waals surface area contributed by atoms with Gasteiger partial charge >= 0.3 is 0 Å². The predicted molar refractivity (Wildman–Crippen MR) is 49.3 cm³/mol. The Hall–Kier alpha value is -1.77. The Morgan fingerprint density at radius 1 is 1.46 bits per heavy atom. The molecule has 2 rings (SSSR count). The zero-order valence-corrected chi connectivity index (χ0v) is 6.94. The summed E-state index contributed by atoms with van der Waals surface area (Å²) in [5.41, 5.74) is 0.506. The molecular weight excluding hydrogens is 166 g/mol. The quantitative estimate of drug-likeness (QED) is 0.560. The smallest absolute Gasteiger partial charge is 0.148 e. The van der Waals surface area contributed by atoms with Crippen LogP contribution in [0.15, 0.2) is 30.2 Å². The first-order valence-electron chi connectivity index (χ1n) is 4.01. The van der Waals surface area contributed by atoms with Crippen LogP contribution in [0.5, 0.6) is 0 Å². The van der Waals surface area contributed by atoms with Crippen LogP contribution in [0.25, 0.3) is 11.8 Å². The molecule has 13 heavy (non-hydrogen) atoms. The van der Waals surface area contributed by atoms with Gasteiger partial charge in [0, 0.05) is 17.0 Å². The maximum atomic E-state index is 9.63. The number of pyridine rings is 1. The Kier molecular flexibility index (Phi) is 1.77. The van der Waals surface area contributed by atoms with Gasteiger partial charge in [-0.1, -0.05) is 12.1 Å². The van der Waals surface area contributed by atoms with E-state index in [4.69, 9.17) is 5.11 Å². The third-order valence-electron chi connectivity index (χ3n) is 2.07. The Labute approximate surface area is 75.0 Å². The minimum atomic E-state index is 0.0700. The lowest BCUT2D eigenvalue weighted by Gasteiger charge is -2.06. The summed E-state index contributed by atoms with van der Waals surface area (Å²) in [5.74, 6) is 0.0700. The van der Waals surface area contributed by atoms with Crippen LogP contribution in [0.1, 0.15) is 6.42 Å². The molecule has 0 aliphatic heterocycles. The Morgan fingerprint density at radius 2 is 2.31 bits per heavy atom. The van der Waals surface area contributed by atoms with Gasteiger partial charge < -0.3 is 10.2 Å². The highest BCUT2D eigenvalue weighted by Crippen LogP contribution is 2.11. The standard InChI is InChI=1S/C10H9NO2/c12-6-8-4-3-7-2-1-5-11-9(7)10(8)13/h1-3,5-6,12-13H,4H2. The summed E-state index contributed by atoms with van der Waals surface area (Å²) in [5, 5.41) is 19.9. The second-order valence-corrected chi connectivity index (χ2v) is 2.85. The van der Waals surface area contributed by atoms with E-state index in [1.54, 1.807) is 6.20 Å². The lowest BCUT2D eigenvalue weighted by atomic mass is 10.1. The highest BCUT2D eigenvalue weighted by atomic mass is 16.3. The van der Waals surface area contributed by atoms with Crippen molar-refractivity contribution in [1.82, 2.24) is 4.98 Å². The number of fused-ring (bicyclic) bond motifs is 1. The van der Waals surface area contributed by atoms with E-state index in [9.17, 15) is 5.11 Å². The van der Waals surface area contributed by atoms with Gasteiger partial charge in [0.1, 0.15) is 11.1 Å². The SMILES string of the molecule is OC=C1CC=c2cccnc2=C1O. The zero-order valence-electron chi connectivity index (χ0n) is 6.94. The number of rotatable bonds is 0. The van der Waals surface area contributed by atoms with Crippen molar-refractivity contribution in [2.75, 3.05) is 0 Å². The van der Waals surface area contributed by atoms with E-state index >= 15 is 0 Å². The predicted octanol–water partition coefficient (Wildman–Crippen LogP) is 0.374. The molecule has 3 heteroatoms. The van der Waals surface area contributed by atoms with Gasteiger partial charge in [0.15, 0.2) is 0 Å². The summed E-state index contributed by atoms with van der Waals surface area (Å²) in [6.45, 7) is 0. The lowest BCUT2D eigenvalue weighted by molar-refractivity contribution is 0.453. The summed E-state index contributed by atoms with van der Waals surface area (Å²) < 4.78 is 0. The molecule has 66 valence electrons. The van der Waals surface area contributed by atoms with Gasteiger partial charge in [-0.15, -0.1) is 0 Å². The van der Waals surface area contributed by atoms with Crippen molar-refractivity contribution in [1.29, 1.82) is 0 Å². The van der Waals surface area contributed by atoms with E-state index in [-0.39, 0.29) is 5.76 Å². The van der Waals surface area contributed by atoms with E-state index < -0.39 is 0 Å². The minimum Gasteiger partial charge on any atom is -0.515 e. The Bertz CT molecular complexity index is 474. The van der Waals surface area contributed by atoms with Crippen molar-refractivity contribution in [2.24, 2.45) is 0 Å². The third kappa shape index (κ3) is 1.18. The van der Waals surface area contributed by atoms with Gasteiger partial charge in [0.05, 0.1) is 6.26 Å². The van der Waals surface area contributed by atoms with E-state index in [1.165, 1.54) is 0 Å². The number of hydrogen-bond donors (Lipinski definition) is 2. The molecule has 3 nitrogen and oxygen atoms in total. The van der Waals surface area contributed by atoms with E-state index in [1.807, 2.05) is 18.2 Å². The molecule has 1 aliphatic carbocycles. The molecule has 0 unspecified atom stereocenters. The molecule has 2 N–H and O–H groups in total.